The number of rotatable bonds is 14. The number of para-hydroxylation sites is 1. The quantitative estimate of drug-likeness (QED) is 0.125. The monoisotopic (exact) mass is 516 g/mol. The van der Waals surface area contributed by atoms with Gasteiger partial charge in [0.15, 0.2) is 7.37 Å². The van der Waals surface area contributed by atoms with Crippen molar-refractivity contribution in [1.29, 1.82) is 0 Å². The third-order valence-electron chi connectivity index (χ3n) is 6.30. The molecule has 0 bridgehead atoms. The molecule has 0 saturated carbocycles. The van der Waals surface area contributed by atoms with E-state index in [-0.39, 0.29) is 0 Å². The summed E-state index contributed by atoms with van der Waals surface area (Å²) in [6.45, 7) is 4.75. The molecule has 1 aromatic heterocycles. The van der Waals surface area contributed by atoms with Gasteiger partial charge in [-0.2, -0.15) is 4.98 Å². The lowest BCUT2D eigenvalue weighted by atomic mass is 10.0. The second-order valence-electron chi connectivity index (χ2n) is 9.27. The van der Waals surface area contributed by atoms with Crippen molar-refractivity contribution < 1.29 is 13.8 Å². The molecule has 0 spiro atoms. The normalized spacial score (nSPS) is 12.8. The van der Waals surface area contributed by atoms with Gasteiger partial charge >= 0.3 is 6.01 Å². The minimum absolute atomic E-state index is 0.516. The molecule has 5 nitrogen and oxygen atoms in total. The molecule has 0 aliphatic rings. The first-order valence-electron chi connectivity index (χ1n) is 13.2. The molecule has 0 N–H and O–H groups in total. The molecule has 0 amide bonds. The van der Waals surface area contributed by atoms with Crippen LogP contribution in [0.2, 0.25) is 0 Å². The lowest BCUT2D eigenvalue weighted by Gasteiger charge is -2.14. The molecule has 4 rings (SSSR count). The van der Waals surface area contributed by atoms with E-state index in [0.29, 0.717) is 25.4 Å². The molecule has 0 saturated heterocycles. The van der Waals surface area contributed by atoms with E-state index in [2.05, 4.69) is 53.1 Å². The van der Waals surface area contributed by atoms with Gasteiger partial charge in [0.25, 0.3) is 0 Å². The minimum Gasteiger partial charge on any atom is -0.464 e. The number of nitrogens with zero attached hydrogens (tertiary/aromatic N) is 2. The number of imidazole rings is 1. The van der Waals surface area contributed by atoms with Crippen LogP contribution in [0, 0.1) is 0 Å². The van der Waals surface area contributed by atoms with Gasteiger partial charge in [-0.1, -0.05) is 98.1 Å². The predicted octanol–water partition coefficient (Wildman–Crippen LogP) is 8.48. The van der Waals surface area contributed by atoms with Crippen molar-refractivity contribution in [2.75, 3.05) is 26.0 Å². The molecule has 1 atom stereocenters. The Balaban J connectivity index is 1.50. The van der Waals surface area contributed by atoms with E-state index in [0.717, 1.165) is 60.3 Å². The zero-order valence-corrected chi connectivity index (χ0v) is 22.8. The minimum atomic E-state index is -2.42. The van der Waals surface area contributed by atoms with E-state index < -0.39 is 7.37 Å². The summed E-state index contributed by atoms with van der Waals surface area (Å²) >= 11 is 0. The maximum Gasteiger partial charge on any atom is 0.302 e. The Bertz CT molecular complexity index is 1270. The first kappa shape index (κ1) is 26.9. The van der Waals surface area contributed by atoms with Crippen LogP contribution in [-0.4, -0.2) is 35.6 Å². The van der Waals surface area contributed by atoms with Crippen molar-refractivity contribution in [1.82, 2.24) is 9.55 Å². The summed E-state index contributed by atoms with van der Waals surface area (Å²) in [5.41, 5.74) is 5.09. The van der Waals surface area contributed by atoms with E-state index in [1.54, 1.807) is 6.66 Å². The van der Waals surface area contributed by atoms with Crippen molar-refractivity contribution in [2.24, 2.45) is 0 Å². The van der Waals surface area contributed by atoms with Crippen LogP contribution < -0.4 is 4.74 Å². The SMILES string of the molecule is CCOP(C)(=O)CCCCCCCOc1nc(-c2ccccc2)c(-c2ccccc2)n1-c1ccccc1. The summed E-state index contributed by atoms with van der Waals surface area (Å²) in [5, 5.41) is 0. The number of aromatic nitrogens is 2. The van der Waals surface area contributed by atoms with Crippen LogP contribution in [0.15, 0.2) is 91.0 Å². The topological polar surface area (TPSA) is 53.4 Å². The molecule has 0 radical (unpaired) electrons. The smallest absolute Gasteiger partial charge is 0.302 e. The number of unbranched alkanes of at least 4 members (excludes halogenated alkanes) is 4. The zero-order valence-electron chi connectivity index (χ0n) is 21.9. The highest BCUT2D eigenvalue weighted by atomic mass is 31.2. The van der Waals surface area contributed by atoms with Crippen molar-refractivity contribution in [3.8, 4) is 34.2 Å². The van der Waals surface area contributed by atoms with Crippen LogP contribution in [0.5, 0.6) is 6.01 Å². The van der Waals surface area contributed by atoms with Crippen LogP contribution in [0.25, 0.3) is 28.2 Å². The van der Waals surface area contributed by atoms with Crippen LogP contribution >= 0.6 is 7.37 Å². The van der Waals surface area contributed by atoms with Crippen molar-refractivity contribution in [2.45, 2.75) is 39.0 Å². The third-order valence-corrected chi connectivity index (χ3v) is 8.23. The fourth-order valence-electron chi connectivity index (χ4n) is 4.51. The van der Waals surface area contributed by atoms with Gasteiger partial charge in [-0.25, -0.2) is 0 Å². The van der Waals surface area contributed by atoms with Crippen LogP contribution in [0.3, 0.4) is 0 Å². The van der Waals surface area contributed by atoms with Gasteiger partial charge in [-0.05, 0) is 31.9 Å². The van der Waals surface area contributed by atoms with Crippen LogP contribution in [0.1, 0.15) is 39.0 Å². The van der Waals surface area contributed by atoms with Gasteiger partial charge in [0.2, 0.25) is 0 Å². The van der Waals surface area contributed by atoms with Gasteiger partial charge in [-0.15, -0.1) is 0 Å². The summed E-state index contributed by atoms with van der Waals surface area (Å²) in [5.74, 6) is 0. The Morgan fingerprint density at radius 2 is 1.32 bits per heavy atom. The highest BCUT2D eigenvalue weighted by Gasteiger charge is 2.22. The molecule has 0 aliphatic carbocycles. The standard InChI is InChI=1S/C31H37N2O3P/c1-3-36-37(2,34)25-17-6-4-5-16-24-35-31-32-29(26-18-10-7-11-19-26)30(27-20-12-8-13-21-27)33(31)28-22-14-9-15-23-28/h7-15,18-23H,3-6,16-17,24-25H2,1-2H3. The van der Waals surface area contributed by atoms with Gasteiger partial charge in [0, 0.05) is 24.0 Å². The Kier molecular flexibility index (Phi) is 9.76. The maximum absolute atomic E-state index is 12.2. The molecule has 0 fully saturated rings. The highest BCUT2D eigenvalue weighted by molar-refractivity contribution is 7.58. The lowest BCUT2D eigenvalue weighted by Crippen LogP contribution is -2.05. The highest BCUT2D eigenvalue weighted by Crippen LogP contribution is 2.43. The molecule has 6 heteroatoms. The summed E-state index contributed by atoms with van der Waals surface area (Å²) < 4.78 is 26.1. The molecule has 4 aromatic rings. The van der Waals surface area contributed by atoms with Gasteiger partial charge in [0.05, 0.1) is 24.6 Å². The lowest BCUT2D eigenvalue weighted by molar-refractivity contribution is 0.278. The molecule has 37 heavy (non-hydrogen) atoms. The molecule has 0 aliphatic heterocycles. The fraction of sp³-hybridized carbons (Fsp3) is 0.323. The number of benzene rings is 3. The maximum atomic E-state index is 12.2. The molecule has 1 heterocycles. The Hall–Kier alpha value is -3.14. The number of hydrogen-bond donors (Lipinski definition) is 0. The molecule has 1 unspecified atom stereocenters. The van der Waals surface area contributed by atoms with E-state index in [4.69, 9.17) is 14.2 Å². The van der Waals surface area contributed by atoms with E-state index in [1.807, 2.05) is 49.4 Å². The van der Waals surface area contributed by atoms with Crippen molar-refractivity contribution >= 4 is 7.37 Å². The number of hydrogen-bond acceptors (Lipinski definition) is 4. The van der Waals surface area contributed by atoms with Crippen molar-refractivity contribution in [3.05, 3.63) is 91.0 Å². The predicted molar refractivity (Wildman–Crippen MR) is 153 cm³/mol. The van der Waals surface area contributed by atoms with Crippen LogP contribution in [-0.2, 0) is 9.09 Å². The average Bonchev–Trinajstić information content (AvgIpc) is 3.31. The first-order chi connectivity index (χ1) is 18.1. The molecular formula is C31H37N2O3P. The average molecular weight is 517 g/mol. The first-order valence-corrected chi connectivity index (χ1v) is 15.5. The third kappa shape index (κ3) is 7.44. The summed E-state index contributed by atoms with van der Waals surface area (Å²) in [6, 6.07) is 31.5. The van der Waals surface area contributed by atoms with Gasteiger partial charge in [0.1, 0.15) is 5.69 Å². The van der Waals surface area contributed by atoms with Crippen molar-refractivity contribution in [3.63, 3.8) is 0 Å². The Morgan fingerprint density at radius 1 is 0.757 bits per heavy atom. The molecule has 3 aromatic carbocycles. The number of ether oxygens (including phenoxy) is 1. The second kappa shape index (κ2) is 13.4. The Morgan fingerprint density at radius 3 is 1.97 bits per heavy atom. The van der Waals surface area contributed by atoms with Crippen LogP contribution in [0.4, 0.5) is 0 Å². The van der Waals surface area contributed by atoms with E-state index in [1.165, 1.54) is 0 Å². The summed E-state index contributed by atoms with van der Waals surface area (Å²) in [7, 11) is -2.42. The summed E-state index contributed by atoms with van der Waals surface area (Å²) in [4.78, 5) is 5.02. The second-order valence-corrected chi connectivity index (χ2v) is 12.0. The molecular weight excluding hydrogens is 479 g/mol. The van der Waals surface area contributed by atoms with E-state index >= 15 is 0 Å². The fourth-order valence-corrected chi connectivity index (χ4v) is 5.98. The Labute approximate surface area is 220 Å². The van der Waals surface area contributed by atoms with Gasteiger partial charge in [-0.3, -0.25) is 9.13 Å². The largest absolute Gasteiger partial charge is 0.464 e. The molecule has 194 valence electrons. The van der Waals surface area contributed by atoms with E-state index in [9.17, 15) is 4.57 Å². The zero-order chi connectivity index (χ0) is 25.9. The summed E-state index contributed by atoms with van der Waals surface area (Å²) in [6.07, 6.45) is 5.75. The van der Waals surface area contributed by atoms with Gasteiger partial charge < -0.3 is 9.26 Å².